The van der Waals surface area contributed by atoms with E-state index < -0.39 is 0 Å². The molecule has 1 N–H and O–H groups in total. The molecule has 18 heavy (non-hydrogen) atoms. The van der Waals surface area contributed by atoms with Gasteiger partial charge in [-0.2, -0.15) is 0 Å². The minimum absolute atomic E-state index is 0. The highest BCUT2D eigenvalue weighted by molar-refractivity contribution is 5.85. The van der Waals surface area contributed by atoms with Gasteiger partial charge < -0.3 is 10.0 Å². The quantitative estimate of drug-likeness (QED) is 0.919. The summed E-state index contributed by atoms with van der Waals surface area (Å²) in [6.45, 7) is 0.673. The number of rotatable bonds is 4. The van der Waals surface area contributed by atoms with Crippen molar-refractivity contribution >= 4 is 18.2 Å². The van der Waals surface area contributed by atoms with Gasteiger partial charge in [0.2, 0.25) is 0 Å². The molecule has 0 aliphatic carbocycles. The molecular formula is C13H16ClN3O. The second-order valence-corrected chi connectivity index (χ2v) is 3.77. The minimum atomic E-state index is 0. The van der Waals surface area contributed by atoms with Crippen molar-refractivity contribution in [3.63, 3.8) is 0 Å². The van der Waals surface area contributed by atoms with Crippen LogP contribution < -0.4 is 4.90 Å². The summed E-state index contributed by atoms with van der Waals surface area (Å²) >= 11 is 0. The maximum Gasteiger partial charge on any atom is 0.132 e. The normalized spacial score (nSPS) is 9.67. The van der Waals surface area contributed by atoms with Crippen molar-refractivity contribution < 1.29 is 5.11 Å². The van der Waals surface area contributed by atoms with E-state index in [2.05, 4.69) is 9.97 Å². The lowest BCUT2D eigenvalue weighted by molar-refractivity contribution is 0.304. The number of aliphatic hydroxyl groups is 1. The first-order chi connectivity index (χ1) is 8.31. The molecule has 2 aromatic rings. The van der Waals surface area contributed by atoms with Gasteiger partial charge in [-0.05, 0) is 0 Å². The van der Waals surface area contributed by atoms with Crippen LogP contribution in [-0.2, 0) is 0 Å². The van der Waals surface area contributed by atoms with Crippen molar-refractivity contribution in [2.75, 3.05) is 25.1 Å². The van der Waals surface area contributed by atoms with Crippen molar-refractivity contribution in [3.05, 3.63) is 42.7 Å². The molecule has 2 rings (SSSR count). The lowest BCUT2D eigenvalue weighted by atomic mass is 10.1. The fraction of sp³-hybridized carbons (Fsp3) is 0.231. The zero-order valence-corrected chi connectivity index (χ0v) is 11.0. The van der Waals surface area contributed by atoms with Crippen molar-refractivity contribution in [2.24, 2.45) is 0 Å². The Labute approximate surface area is 113 Å². The minimum Gasteiger partial charge on any atom is -0.395 e. The van der Waals surface area contributed by atoms with Crippen LogP contribution in [0.4, 0.5) is 5.82 Å². The average molecular weight is 266 g/mol. The average Bonchev–Trinajstić information content (AvgIpc) is 2.40. The largest absolute Gasteiger partial charge is 0.395 e. The summed E-state index contributed by atoms with van der Waals surface area (Å²) in [4.78, 5) is 10.3. The Morgan fingerprint density at radius 3 is 2.56 bits per heavy atom. The molecule has 0 fully saturated rings. The number of likely N-dealkylation sites (N-methyl/N-ethyl adjacent to an activating group) is 1. The molecule has 0 bridgehead atoms. The third kappa shape index (κ3) is 3.42. The Kier molecular flexibility index (Phi) is 5.55. The SMILES string of the molecule is CN(CCO)c1cc(-c2ccccc2)ncn1.Cl. The van der Waals surface area contributed by atoms with Crippen LogP contribution in [0.15, 0.2) is 42.7 Å². The molecule has 0 unspecified atom stereocenters. The Morgan fingerprint density at radius 2 is 1.89 bits per heavy atom. The molecule has 5 heteroatoms. The molecule has 4 nitrogen and oxygen atoms in total. The number of nitrogens with zero attached hydrogens (tertiary/aromatic N) is 3. The maximum absolute atomic E-state index is 8.90. The van der Waals surface area contributed by atoms with E-state index >= 15 is 0 Å². The van der Waals surface area contributed by atoms with Gasteiger partial charge in [0, 0.05) is 25.2 Å². The van der Waals surface area contributed by atoms with Gasteiger partial charge in [-0.3, -0.25) is 0 Å². The van der Waals surface area contributed by atoms with Gasteiger partial charge >= 0.3 is 0 Å². The van der Waals surface area contributed by atoms with Gasteiger partial charge in [-0.25, -0.2) is 9.97 Å². The number of hydrogen-bond acceptors (Lipinski definition) is 4. The van der Waals surface area contributed by atoms with Gasteiger partial charge in [0.25, 0.3) is 0 Å². The van der Waals surface area contributed by atoms with Crippen LogP contribution in [0.3, 0.4) is 0 Å². The van der Waals surface area contributed by atoms with E-state index in [1.54, 1.807) is 6.33 Å². The van der Waals surface area contributed by atoms with E-state index in [0.29, 0.717) is 6.54 Å². The fourth-order valence-corrected chi connectivity index (χ4v) is 1.59. The van der Waals surface area contributed by atoms with E-state index in [-0.39, 0.29) is 19.0 Å². The smallest absolute Gasteiger partial charge is 0.132 e. The summed E-state index contributed by atoms with van der Waals surface area (Å²) < 4.78 is 0. The number of hydrogen-bond donors (Lipinski definition) is 1. The summed E-state index contributed by atoms with van der Waals surface area (Å²) in [6, 6.07) is 11.9. The van der Waals surface area contributed by atoms with Gasteiger partial charge in [-0.1, -0.05) is 30.3 Å². The van der Waals surface area contributed by atoms with E-state index in [1.165, 1.54) is 0 Å². The molecule has 0 aliphatic heterocycles. The van der Waals surface area contributed by atoms with Crippen molar-refractivity contribution in [1.82, 2.24) is 9.97 Å². The third-order valence-corrected chi connectivity index (χ3v) is 2.55. The lowest BCUT2D eigenvalue weighted by Crippen LogP contribution is -2.22. The number of benzene rings is 1. The molecule has 1 aromatic heterocycles. The molecule has 0 amide bonds. The summed E-state index contributed by atoms with van der Waals surface area (Å²) in [6.07, 6.45) is 1.55. The van der Waals surface area contributed by atoms with Crippen molar-refractivity contribution in [1.29, 1.82) is 0 Å². The second-order valence-electron chi connectivity index (χ2n) is 3.77. The molecule has 96 valence electrons. The molecule has 1 aromatic carbocycles. The summed E-state index contributed by atoms with van der Waals surface area (Å²) in [5, 5.41) is 8.90. The number of anilines is 1. The Morgan fingerprint density at radius 1 is 1.17 bits per heavy atom. The molecule has 0 saturated heterocycles. The monoisotopic (exact) mass is 265 g/mol. The zero-order chi connectivity index (χ0) is 12.1. The van der Waals surface area contributed by atoms with Crippen molar-refractivity contribution in [3.8, 4) is 11.3 Å². The zero-order valence-electron chi connectivity index (χ0n) is 10.2. The van der Waals surface area contributed by atoms with Crippen LogP contribution in [0.5, 0.6) is 0 Å². The van der Waals surface area contributed by atoms with Crippen LogP contribution in [0, 0.1) is 0 Å². The lowest BCUT2D eigenvalue weighted by Gasteiger charge is -2.16. The second kappa shape index (κ2) is 6.93. The number of halogens is 1. The standard InChI is InChI=1S/C13H15N3O.ClH/c1-16(7-8-17)13-9-12(14-10-15-13)11-5-3-2-4-6-11;/h2-6,9-10,17H,7-8H2,1H3;1H. The van der Waals surface area contributed by atoms with E-state index in [4.69, 9.17) is 5.11 Å². The van der Waals surface area contributed by atoms with E-state index in [9.17, 15) is 0 Å². The van der Waals surface area contributed by atoms with Crippen LogP contribution in [0.2, 0.25) is 0 Å². The highest BCUT2D eigenvalue weighted by Gasteiger charge is 2.04. The Hall–Kier alpha value is -1.65. The van der Waals surface area contributed by atoms with E-state index in [0.717, 1.165) is 17.1 Å². The molecule has 0 aliphatic rings. The maximum atomic E-state index is 8.90. The summed E-state index contributed by atoms with van der Waals surface area (Å²) in [7, 11) is 1.90. The number of aliphatic hydroxyl groups excluding tert-OH is 1. The summed E-state index contributed by atoms with van der Waals surface area (Å²) in [5.74, 6) is 0.813. The van der Waals surface area contributed by atoms with Crippen LogP contribution in [0.1, 0.15) is 0 Å². The predicted octanol–water partition coefficient (Wildman–Crippen LogP) is 1.99. The first-order valence-corrected chi connectivity index (χ1v) is 5.50. The predicted molar refractivity (Wildman–Crippen MR) is 75.1 cm³/mol. The Bertz CT molecular complexity index is 479. The molecule has 0 radical (unpaired) electrons. The number of aromatic nitrogens is 2. The van der Waals surface area contributed by atoms with Gasteiger partial charge in [0.05, 0.1) is 12.3 Å². The van der Waals surface area contributed by atoms with Gasteiger partial charge in [0.15, 0.2) is 0 Å². The van der Waals surface area contributed by atoms with Crippen molar-refractivity contribution in [2.45, 2.75) is 0 Å². The van der Waals surface area contributed by atoms with Crippen LogP contribution in [-0.4, -0.2) is 35.3 Å². The molecule has 0 atom stereocenters. The third-order valence-electron chi connectivity index (χ3n) is 2.55. The highest BCUT2D eigenvalue weighted by Crippen LogP contribution is 2.19. The van der Waals surface area contributed by atoms with Gasteiger partial charge in [0.1, 0.15) is 12.1 Å². The molecule has 0 spiro atoms. The van der Waals surface area contributed by atoms with Crippen LogP contribution >= 0.6 is 12.4 Å². The van der Waals surface area contributed by atoms with E-state index in [1.807, 2.05) is 48.3 Å². The topological polar surface area (TPSA) is 49.2 Å². The molecule has 0 saturated carbocycles. The Balaban J connectivity index is 0.00000162. The first kappa shape index (κ1) is 14.4. The van der Waals surface area contributed by atoms with Crippen LogP contribution in [0.25, 0.3) is 11.3 Å². The molecule has 1 heterocycles. The fourth-order valence-electron chi connectivity index (χ4n) is 1.59. The molecular weight excluding hydrogens is 250 g/mol. The first-order valence-electron chi connectivity index (χ1n) is 5.50. The highest BCUT2D eigenvalue weighted by atomic mass is 35.5. The summed E-state index contributed by atoms with van der Waals surface area (Å²) in [5.41, 5.74) is 1.95. The van der Waals surface area contributed by atoms with Gasteiger partial charge in [-0.15, -0.1) is 12.4 Å².